The highest BCUT2D eigenvalue weighted by atomic mass is 16.5. The Labute approximate surface area is 166 Å². The van der Waals surface area contributed by atoms with Crippen LogP contribution in [0.2, 0.25) is 0 Å². The minimum absolute atomic E-state index is 0.449. The summed E-state index contributed by atoms with van der Waals surface area (Å²) in [5.41, 5.74) is 0. The van der Waals surface area contributed by atoms with Crippen LogP contribution in [0, 0.1) is 0 Å². The number of aliphatic hydroxyl groups is 2. The Morgan fingerprint density at radius 2 is 1.07 bits per heavy atom. The van der Waals surface area contributed by atoms with Gasteiger partial charge in [0.15, 0.2) is 0 Å². The predicted molar refractivity (Wildman–Crippen MR) is 103 cm³/mol. The smallest absolute Gasteiger partial charge is 0.119 e. The summed E-state index contributed by atoms with van der Waals surface area (Å²) in [4.78, 5) is 4.02. The van der Waals surface area contributed by atoms with Crippen LogP contribution in [0.5, 0.6) is 11.5 Å². The fourth-order valence-corrected chi connectivity index (χ4v) is 3.31. The number of hydrogen-bond acceptors (Lipinski definition) is 8. The summed E-state index contributed by atoms with van der Waals surface area (Å²) in [6.07, 6.45) is 0.115. The molecule has 0 aliphatic carbocycles. The largest absolute Gasteiger partial charge is 0.493 e. The van der Waals surface area contributed by atoms with Crippen molar-refractivity contribution in [2.75, 3.05) is 65.8 Å². The third-order valence-corrected chi connectivity index (χ3v) is 5.05. The maximum absolute atomic E-state index is 10.2. The van der Waals surface area contributed by atoms with E-state index in [1.165, 1.54) is 0 Å². The van der Waals surface area contributed by atoms with Crippen molar-refractivity contribution < 1.29 is 29.2 Å². The zero-order valence-electron chi connectivity index (χ0n) is 16.4. The lowest BCUT2D eigenvalue weighted by molar-refractivity contribution is -0.0656. The van der Waals surface area contributed by atoms with Gasteiger partial charge in [-0.1, -0.05) is 0 Å². The van der Waals surface area contributed by atoms with Crippen molar-refractivity contribution in [2.45, 2.75) is 25.3 Å². The van der Waals surface area contributed by atoms with Crippen molar-refractivity contribution >= 4 is 0 Å². The first-order valence-electron chi connectivity index (χ1n) is 10.1. The first kappa shape index (κ1) is 21.3. The van der Waals surface area contributed by atoms with Crippen LogP contribution in [-0.2, 0) is 9.47 Å². The molecule has 0 radical (unpaired) electrons. The molecule has 8 nitrogen and oxygen atoms in total. The molecule has 0 aromatic heterocycles. The van der Waals surface area contributed by atoms with Crippen LogP contribution in [0.15, 0.2) is 24.3 Å². The zero-order valence-corrected chi connectivity index (χ0v) is 16.4. The molecule has 2 aliphatic heterocycles. The molecular weight excluding hydrogens is 364 g/mol. The van der Waals surface area contributed by atoms with Crippen LogP contribution >= 0.6 is 0 Å². The topological polar surface area (TPSA) is 83.9 Å². The maximum atomic E-state index is 10.2. The highest BCUT2D eigenvalue weighted by Gasteiger charge is 2.19. The molecule has 3 rings (SSSR count). The number of aliphatic hydroxyl groups excluding tert-OH is 2. The summed E-state index contributed by atoms with van der Waals surface area (Å²) in [6, 6.07) is 7.42. The average molecular weight is 396 g/mol. The van der Waals surface area contributed by atoms with E-state index in [1.807, 2.05) is 34.1 Å². The molecule has 2 fully saturated rings. The van der Waals surface area contributed by atoms with Gasteiger partial charge in [0, 0.05) is 39.0 Å². The van der Waals surface area contributed by atoms with Gasteiger partial charge in [-0.3, -0.25) is 9.80 Å². The second kappa shape index (κ2) is 11.5. The Balaban J connectivity index is 1.30. The standard InChI is InChI=1S/C20H32N2O6/c23-19(21-7-13-25-14-8-21)5-11-27-17-1-2-18(4-3-17)28-12-6-20(24)22-9-15-26-16-10-22/h1-4,19-20,23-24H,5-16H2. The second-order valence-electron chi connectivity index (χ2n) is 7.00. The van der Waals surface area contributed by atoms with E-state index < -0.39 is 12.5 Å². The summed E-state index contributed by atoms with van der Waals surface area (Å²) in [5.74, 6) is 1.49. The van der Waals surface area contributed by atoms with Crippen molar-refractivity contribution in [3.63, 3.8) is 0 Å². The van der Waals surface area contributed by atoms with Gasteiger partial charge in [-0.2, -0.15) is 0 Å². The Bertz CT molecular complexity index is 497. The molecule has 28 heavy (non-hydrogen) atoms. The molecule has 0 amide bonds. The summed E-state index contributed by atoms with van der Waals surface area (Å²) in [5, 5.41) is 20.3. The number of rotatable bonds is 10. The second-order valence-corrected chi connectivity index (χ2v) is 7.00. The van der Waals surface area contributed by atoms with Crippen LogP contribution in [0.25, 0.3) is 0 Å². The van der Waals surface area contributed by atoms with E-state index in [1.54, 1.807) is 0 Å². The quantitative estimate of drug-likeness (QED) is 0.593. The van der Waals surface area contributed by atoms with Crippen LogP contribution < -0.4 is 9.47 Å². The molecule has 2 unspecified atom stereocenters. The van der Waals surface area contributed by atoms with Crippen LogP contribution in [-0.4, -0.2) is 98.3 Å². The Morgan fingerprint density at radius 3 is 1.43 bits per heavy atom. The fourth-order valence-electron chi connectivity index (χ4n) is 3.31. The molecule has 0 saturated carbocycles. The van der Waals surface area contributed by atoms with Crippen molar-refractivity contribution in [1.82, 2.24) is 9.80 Å². The van der Waals surface area contributed by atoms with Crippen LogP contribution in [0.3, 0.4) is 0 Å². The summed E-state index contributed by atoms with van der Waals surface area (Å²) >= 11 is 0. The number of nitrogens with zero attached hydrogens (tertiary/aromatic N) is 2. The summed E-state index contributed by atoms with van der Waals surface area (Å²) < 4.78 is 22.0. The molecule has 2 N–H and O–H groups in total. The van der Waals surface area contributed by atoms with E-state index in [2.05, 4.69) is 0 Å². The summed E-state index contributed by atoms with van der Waals surface area (Å²) in [6.45, 7) is 6.61. The normalized spacial score (nSPS) is 21.2. The average Bonchev–Trinajstić information content (AvgIpc) is 2.76. The van der Waals surface area contributed by atoms with Gasteiger partial charge in [-0.25, -0.2) is 0 Å². The molecule has 0 spiro atoms. The highest BCUT2D eigenvalue weighted by molar-refractivity contribution is 5.31. The molecule has 2 saturated heterocycles. The van der Waals surface area contributed by atoms with Gasteiger partial charge in [-0.05, 0) is 24.3 Å². The Kier molecular flexibility index (Phi) is 8.78. The van der Waals surface area contributed by atoms with E-state index in [0.29, 0.717) is 52.5 Å². The number of ether oxygens (including phenoxy) is 4. The first-order valence-corrected chi connectivity index (χ1v) is 10.1. The predicted octanol–water partition coefficient (Wildman–Crippen LogP) is 0.526. The lowest BCUT2D eigenvalue weighted by atomic mass is 10.3. The molecule has 158 valence electrons. The van der Waals surface area contributed by atoms with E-state index in [0.717, 1.165) is 37.7 Å². The zero-order chi connectivity index (χ0) is 19.6. The third-order valence-electron chi connectivity index (χ3n) is 5.05. The van der Waals surface area contributed by atoms with Gasteiger partial charge in [0.1, 0.15) is 24.0 Å². The summed E-state index contributed by atoms with van der Waals surface area (Å²) in [7, 11) is 0. The Hall–Kier alpha value is -1.42. The molecule has 0 bridgehead atoms. The molecule has 1 aromatic carbocycles. The van der Waals surface area contributed by atoms with Crippen molar-refractivity contribution in [2.24, 2.45) is 0 Å². The molecule has 2 atom stereocenters. The number of morpholine rings is 2. The van der Waals surface area contributed by atoms with E-state index in [-0.39, 0.29) is 0 Å². The van der Waals surface area contributed by atoms with E-state index >= 15 is 0 Å². The minimum atomic E-state index is -0.496. The van der Waals surface area contributed by atoms with Crippen LogP contribution in [0.4, 0.5) is 0 Å². The van der Waals surface area contributed by atoms with Crippen LogP contribution in [0.1, 0.15) is 12.8 Å². The van der Waals surface area contributed by atoms with E-state index in [4.69, 9.17) is 18.9 Å². The van der Waals surface area contributed by atoms with Gasteiger partial charge >= 0.3 is 0 Å². The first-order chi connectivity index (χ1) is 13.7. The monoisotopic (exact) mass is 396 g/mol. The van der Waals surface area contributed by atoms with Crippen molar-refractivity contribution in [3.05, 3.63) is 24.3 Å². The molecule has 2 aliphatic rings. The van der Waals surface area contributed by atoms with Crippen molar-refractivity contribution in [3.8, 4) is 11.5 Å². The molecule has 8 heteroatoms. The lowest BCUT2D eigenvalue weighted by Crippen LogP contribution is -2.44. The highest BCUT2D eigenvalue weighted by Crippen LogP contribution is 2.19. The van der Waals surface area contributed by atoms with Gasteiger partial charge in [-0.15, -0.1) is 0 Å². The number of benzene rings is 1. The van der Waals surface area contributed by atoms with Gasteiger partial charge in [0.05, 0.1) is 39.6 Å². The van der Waals surface area contributed by atoms with Gasteiger partial charge < -0.3 is 29.2 Å². The van der Waals surface area contributed by atoms with Gasteiger partial charge in [0.2, 0.25) is 0 Å². The Morgan fingerprint density at radius 1 is 0.714 bits per heavy atom. The third kappa shape index (κ3) is 6.88. The minimum Gasteiger partial charge on any atom is -0.493 e. The molecule has 1 aromatic rings. The van der Waals surface area contributed by atoms with Gasteiger partial charge in [0.25, 0.3) is 0 Å². The number of hydrogen-bond donors (Lipinski definition) is 2. The maximum Gasteiger partial charge on any atom is 0.119 e. The molecular formula is C20H32N2O6. The van der Waals surface area contributed by atoms with E-state index in [9.17, 15) is 10.2 Å². The lowest BCUT2D eigenvalue weighted by Gasteiger charge is -2.31. The SMILES string of the molecule is OC(CCOc1ccc(OCCC(O)N2CCOCC2)cc1)N1CCOCC1. The molecule has 2 heterocycles. The van der Waals surface area contributed by atoms with Crippen molar-refractivity contribution in [1.29, 1.82) is 0 Å². The fraction of sp³-hybridized carbons (Fsp3) is 0.700.